The fourth-order valence-electron chi connectivity index (χ4n) is 10.5. The van der Waals surface area contributed by atoms with Gasteiger partial charge in [0.2, 0.25) is 0 Å². The Balaban J connectivity index is 0.000000179. The van der Waals surface area contributed by atoms with Gasteiger partial charge in [-0.3, -0.25) is 19.7 Å². The molecule has 2 saturated carbocycles. The largest absolute Gasteiger partial charge is 0.347 e. The number of carbonyl (C=O) groups excluding carboxylic acids is 2. The highest BCUT2D eigenvalue weighted by atomic mass is 35.5. The van der Waals surface area contributed by atoms with E-state index < -0.39 is 0 Å². The summed E-state index contributed by atoms with van der Waals surface area (Å²) in [5.41, 5.74) is 13.5. The summed E-state index contributed by atoms with van der Waals surface area (Å²) in [6, 6.07) is 27.3. The van der Waals surface area contributed by atoms with Crippen LogP contribution < -0.4 is 10.7 Å². The predicted molar refractivity (Wildman–Crippen MR) is 265 cm³/mol. The molecule has 3 fully saturated rings. The molecule has 2 aliphatic carbocycles. The highest BCUT2D eigenvalue weighted by molar-refractivity contribution is 6.35. The number of amides is 2. The lowest BCUT2D eigenvalue weighted by atomic mass is 9.68. The van der Waals surface area contributed by atoms with Crippen molar-refractivity contribution in [3.8, 4) is 28.2 Å². The molecule has 9 rings (SSSR count). The molecule has 2 N–H and O–H groups in total. The molecule has 13 heteroatoms. The van der Waals surface area contributed by atoms with Gasteiger partial charge in [-0.1, -0.05) is 122 Å². The first-order valence-electron chi connectivity index (χ1n) is 22.5. The Bertz CT molecular complexity index is 2730. The molecule has 2 amide bonds. The van der Waals surface area contributed by atoms with Crippen molar-refractivity contribution in [2.24, 2.45) is 16.7 Å². The van der Waals surface area contributed by atoms with Crippen LogP contribution in [0.5, 0.6) is 0 Å². The van der Waals surface area contributed by atoms with Crippen LogP contribution in [0.4, 0.5) is 0 Å². The zero-order valence-electron chi connectivity index (χ0n) is 38.2. The Morgan fingerprint density at radius 3 is 2.00 bits per heavy atom. The van der Waals surface area contributed by atoms with Crippen LogP contribution in [0.1, 0.15) is 108 Å². The van der Waals surface area contributed by atoms with Crippen LogP contribution in [0.3, 0.4) is 0 Å². The molecule has 3 aliphatic rings. The third kappa shape index (κ3) is 9.64. The van der Waals surface area contributed by atoms with Crippen molar-refractivity contribution in [2.75, 3.05) is 13.1 Å². The SMILES string of the molecule is Cc1c(C(=O)NN2CCCCC2)nn(-c2ccc(Cl)cc2Cl)c1-c1ccc(Cl)cc1.Cc1ccc(Cn2nc(C(=O)NC3C4(C)CCC(C4)C3(C)C)c(C)c2-c2ccc(Cl)c(C)c2)cc1. The standard InChI is InChI=1S/C30H36ClN3O.C22H21Cl3N4O/c1-18-7-9-21(10-8-18)17-34-26(22-11-12-24(31)19(2)15-22)20(3)25(33-34)27(35)32-28-29(4,5)23-13-14-30(28,6)16-23;1-14-20(22(30)27-28-11-3-2-4-12-28)26-29(19-10-9-17(24)13-18(19)25)21(14)15-5-7-16(23)8-6-15/h7-12,15,23,28H,13-14,16-17H2,1-6H3,(H,32,35);5-10,13H,2-4,11-12H2,1H3,(H,27,30). The maximum atomic E-state index is 13.7. The van der Waals surface area contributed by atoms with Crippen LogP contribution >= 0.6 is 46.4 Å². The van der Waals surface area contributed by atoms with Crippen molar-refractivity contribution in [3.63, 3.8) is 0 Å². The lowest BCUT2D eigenvalue weighted by Crippen LogP contribution is -2.52. The van der Waals surface area contributed by atoms with E-state index in [1.165, 1.54) is 31.2 Å². The van der Waals surface area contributed by atoms with E-state index in [1.807, 2.05) is 66.9 Å². The van der Waals surface area contributed by atoms with Gasteiger partial charge in [-0.25, -0.2) is 9.69 Å². The maximum Gasteiger partial charge on any atom is 0.286 e. The predicted octanol–water partition coefficient (Wildman–Crippen LogP) is 13.1. The van der Waals surface area contributed by atoms with Gasteiger partial charge in [0.1, 0.15) is 0 Å². The lowest BCUT2D eigenvalue weighted by molar-refractivity contribution is 0.0730. The Hall–Kier alpha value is -4.64. The molecule has 3 atom stereocenters. The summed E-state index contributed by atoms with van der Waals surface area (Å²) in [4.78, 5) is 26.8. The maximum absolute atomic E-state index is 13.7. The van der Waals surface area contributed by atoms with Crippen LogP contribution in [-0.4, -0.2) is 55.5 Å². The van der Waals surface area contributed by atoms with E-state index in [-0.39, 0.29) is 28.7 Å². The molecule has 65 heavy (non-hydrogen) atoms. The molecule has 3 heterocycles. The molecule has 9 nitrogen and oxygen atoms in total. The second-order valence-corrected chi connectivity index (χ2v) is 20.8. The molecule has 1 aliphatic heterocycles. The van der Waals surface area contributed by atoms with E-state index in [0.29, 0.717) is 44.6 Å². The van der Waals surface area contributed by atoms with Gasteiger partial charge in [0.05, 0.1) is 28.6 Å². The topological polar surface area (TPSA) is 97.1 Å². The molecule has 2 bridgehead atoms. The van der Waals surface area contributed by atoms with E-state index in [2.05, 4.69) is 73.9 Å². The van der Waals surface area contributed by atoms with E-state index in [1.54, 1.807) is 22.9 Å². The summed E-state index contributed by atoms with van der Waals surface area (Å²) in [6.45, 7) is 17.3. The fourth-order valence-corrected chi connectivity index (χ4v) is 11.2. The van der Waals surface area contributed by atoms with Crippen molar-refractivity contribution in [2.45, 2.75) is 99.6 Å². The summed E-state index contributed by atoms with van der Waals surface area (Å²) >= 11 is 24.9. The Kier molecular flexibility index (Phi) is 13.6. The molecule has 0 radical (unpaired) electrons. The number of carbonyl (C=O) groups is 2. The van der Waals surface area contributed by atoms with Gasteiger partial charge in [0, 0.05) is 56.5 Å². The van der Waals surface area contributed by atoms with Crippen LogP contribution in [0.25, 0.3) is 28.2 Å². The Morgan fingerprint density at radius 1 is 0.708 bits per heavy atom. The number of hydrogen-bond acceptors (Lipinski definition) is 5. The summed E-state index contributed by atoms with van der Waals surface area (Å²) in [5.74, 6) is 0.378. The van der Waals surface area contributed by atoms with Crippen LogP contribution in [0.15, 0.2) is 84.9 Å². The molecule has 340 valence electrons. The van der Waals surface area contributed by atoms with Gasteiger partial charge in [-0.2, -0.15) is 10.2 Å². The molecule has 2 aromatic heterocycles. The number of hydrazine groups is 1. The number of hydrogen-bond donors (Lipinski definition) is 2. The summed E-state index contributed by atoms with van der Waals surface area (Å²) in [7, 11) is 0. The van der Waals surface area contributed by atoms with Crippen LogP contribution in [0.2, 0.25) is 20.1 Å². The van der Waals surface area contributed by atoms with Crippen molar-refractivity contribution >= 4 is 58.2 Å². The van der Waals surface area contributed by atoms with Gasteiger partial charge < -0.3 is 5.32 Å². The Labute approximate surface area is 402 Å². The Morgan fingerprint density at radius 2 is 1.35 bits per heavy atom. The van der Waals surface area contributed by atoms with Crippen LogP contribution in [0, 0.1) is 44.4 Å². The minimum atomic E-state index is -0.228. The lowest BCUT2D eigenvalue weighted by Gasteiger charge is -2.43. The van der Waals surface area contributed by atoms with E-state index in [9.17, 15) is 9.59 Å². The van der Waals surface area contributed by atoms with Crippen molar-refractivity contribution in [1.29, 1.82) is 0 Å². The number of fused-ring (bicyclic) bond motifs is 2. The quantitative estimate of drug-likeness (QED) is 0.150. The third-order valence-corrected chi connectivity index (χ3v) is 15.3. The number of nitrogens with one attached hydrogen (secondary N) is 2. The zero-order chi connectivity index (χ0) is 46.4. The third-order valence-electron chi connectivity index (χ3n) is 14.0. The number of aromatic nitrogens is 4. The minimum absolute atomic E-state index is 0.0658. The van der Waals surface area contributed by atoms with E-state index >= 15 is 0 Å². The average Bonchev–Trinajstić information content (AvgIpc) is 3.99. The molecule has 6 aromatic rings. The fraction of sp³-hybridized carbons (Fsp3) is 0.385. The number of rotatable bonds is 9. The first-order chi connectivity index (χ1) is 30.9. The normalized spacial score (nSPS) is 20.0. The first kappa shape index (κ1) is 46.9. The molecular weight excluding hydrogens is 896 g/mol. The highest BCUT2D eigenvalue weighted by Gasteiger charge is 2.59. The highest BCUT2D eigenvalue weighted by Crippen LogP contribution is 2.62. The van der Waals surface area contributed by atoms with E-state index in [4.69, 9.17) is 51.5 Å². The van der Waals surface area contributed by atoms with Gasteiger partial charge in [-0.15, -0.1) is 0 Å². The van der Waals surface area contributed by atoms with Gasteiger partial charge >= 0.3 is 0 Å². The van der Waals surface area contributed by atoms with Crippen LogP contribution in [-0.2, 0) is 6.54 Å². The minimum Gasteiger partial charge on any atom is -0.347 e. The number of nitrogens with zero attached hydrogens (tertiary/aromatic N) is 5. The monoisotopic (exact) mass is 951 g/mol. The molecule has 3 unspecified atom stereocenters. The molecule has 4 aromatic carbocycles. The second-order valence-electron chi connectivity index (χ2n) is 19.1. The van der Waals surface area contributed by atoms with Gasteiger partial charge in [0.15, 0.2) is 11.4 Å². The number of halogens is 4. The van der Waals surface area contributed by atoms with Gasteiger partial charge in [0.25, 0.3) is 11.8 Å². The van der Waals surface area contributed by atoms with Crippen molar-refractivity contribution in [3.05, 3.63) is 144 Å². The number of piperidine rings is 1. The first-order valence-corrected chi connectivity index (χ1v) is 24.0. The number of aryl methyl sites for hydroxylation is 2. The molecular formula is C52H57Cl4N7O2. The molecule has 0 spiro atoms. The average molecular weight is 954 g/mol. The van der Waals surface area contributed by atoms with Gasteiger partial charge in [-0.05, 0) is 130 Å². The summed E-state index contributed by atoms with van der Waals surface area (Å²) in [5, 5.41) is 17.3. The number of benzene rings is 4. The second kappa shape index (κ2) is 18.9. The summed E-state index contributed by atoms with van der Waals surface area (Å²) < 4.78 is 3.67. The molecule has 1 saturated heterocycles. The van der Waals surface area contributed by atoms with Crippen molar-refractivity contribution in [1.82, 2.24) is 35.3 Å². The zero-order valence-corrected chi connectivity index (χ0v) is 41.2. The summed E-state index contributed by atoms with van der Waals surface area (Å²) in [6.07, 6.45) is 6.98. The smallest absolute Gasteiger partial charge is 0.286 e. The van der Waals surface area contributed by atoms with E-state index in [0.717, 1.165) is 75.7 Å². The van der Waals surface area contributed by atoms with Crippen molar-refractivity contribution < 1.29 is 9.59 Å².